The minimum Gasteiger partial charge on any atom is -0.508 e. The van der Waals surface area contributed by atoms with Crippen molar-refractivity contribution in [1.82, 2.24) is 5.32 Å². The summed E-state index contributed by atoms with van der Waals surface area (Å²) >= 11 is 0. The summed E-state index contributed by atoms with van der Waals surface area (Å²) in [5, 5.41) is 12.9. The van der Waals surface area contributed by atoms with Crippen molar-refractivity contribution in [1.29, 1.82) is 0 Å². The maximum atomic E-state index is 13.5. The van der Waals surface area contributed by atoms with Crippen LogP contribution in [0.5, 0.6) is 5.75 Å². The third-order valence-electron chi connectivity index (χ3n) is 5.71. The van der Waals surface area contributed by atoms with Crippen LogP contribution in [0.3, 0.4) is 0 Å². The van der Waals surface area contributed by atoms with Crippen LogP contribution in [0, 0.1) is 11.8 Å². The molecule has 8 heteroatoms. The number of dihydropyridines is 1. The summed E-state index contributed by atoms with van der Waals surface area (Å²) in [4.78, 5) is 38.9. The van der Waals surface area contributed by atoms with Crippen LogP contribution < -0.4 is 5.32 Å². The normalized spacial score (nSPS) is 23.2. The quantitative estimate of drug-likeness (QED) is 0.402. The number of nitrogens with one attached hydrogen (secondary N) is 1. The lowest BCUT2D eigenvalue weighted by Gasteiger charge is -2.38. The van der Waals surface area contributed by atoms with Gasteiger partial charge in [0.15, 0.2) is 5.78 Å². The summed E-state index contributed by atoms with van der Waals surface area (Å²) in [6.07, 6.45) is 0.457. The van der Waals surface area contributed by atoms with E-state index in [-0.39, 0.29) is 36.2 Å². The van der Waals surface area contributed by atoms with E-state index in [2.05, 4.69) is 5.32 Å². The van der Waals surface area contributed by atoms with E-state index < -0.39 is 23.8 Å². The highest BCUT2D eigenvalue weighted by Gasteiger charge is 2.47. The lowest BCUT2D eigenvalue weighted by atomic mass is 9.69. The molecule has 31 heavy (non-hydrogen) atoms. The SMILES string of the molecule is COCCOC(=O)C1=C(C)NC2=C(C(=O)[C@H](C(=O)OC)[C@H](C)C2)[C@@H]1c1ccc(O)cc1. The maximum Gasteiger partial charge on any atom is 0.336 e. The number of rotatable bonds is 6. The number of hydrogen-bond acceptors (Lipinski definition) is 8. The predicted octanol–water partition coefficient (Wildman–Crippen LogP) is 2.19. The van der Waals surface area contributed by atoms with Gasteiger partial charge in [0.05, 0.1) is 19.3 Å². The highest BCUT2D eigenvalue weighted by molar-refractivity contribution is 6.12. The number of phenolic OH excluding ortho intramolecular Hbond substituents is 1. The van der Waals surface area contributed by atoms with Gasteiger partial charge in [0.25, 0.3) is 0 Å². The largest absolute Gasteiger partial charge is 0.508 e. The molecule has 8 nitrogen and oxygen atoms in total. The van der Waals surface area contributed by atoms with Gasteiger partial charge in [-0.15, -0.1) is 0 Å². The van der Waals surface area contributed by atoms with Gasteiger partial charge in [0.1, 0.15) is 18.3 Å². The molecular formula is C23H27NO7. The predicted molar refractivity (Wildman–Crippen MR) is 111 cm³/mol. The van der Waals surface area contributed by atoms with E-state index >= 15 is 0 Å². The Balaban J connectivity index is 2.11. The van der Waals surface area contributed by atoms with Gasteiger partial charge in [-0.05, 0) is 37.0 Å². The number of Topliss-reactive ketones (excluding diaryl/α,β-unsaturated/α-hetero) is 1. The Morgan fingerprint density at radius 1 is 1.16 bits per heavy atom. The molecule has 1 aliphatic carbocycles. The number of allylic oxidation sites excluding steroid dienone is 3. The molecule has 1 heterocycles. The second kappa shape index (κ2) is 9.34. The van der Waals surface area contributed by atoms with Crippen LogP contribution in [0.4, 0.5) is 0 Å². The molecule has 0 amide bonds. The highest BCUT2D eigenvalue weighted by atomic mass is 16.6. The molecule has 3 atom stereocenters. The smallest absolute Gasteiger partial charge is 0.336 e. The lowest BCUT2D eigenvalue weighted by Crippen LogP contribution is -2.43. The van der Waals surface area contributed by atoms with Crippen LogP contribution in [0.15, 0.2) is 46.8 Å². The van der Waals surface area contributed by atoms with E-state index in [9.17, 15) is 19.5 Å². The standard InChI is InChI=1S/C23H27NO7/c1-12-11-16-20(21(26)17(12)22(27)30-4)19(14-5-7-15(25)8-6-14)18(13(2)24-16)23(28)31-10-9-29-3/h5-8,12,17,19,24-25H,9-11H2,1-4H3/t12-,17-,19-/m1/s1. The van der Waals surface area contributed by atoms with Crippen LogP contribution in [0.2, 0.25) is 0 Å². The summed E-state index contributed by atoms with van der Waals surface area (Å²) in [5.41, 5.74) is 2.53. The summed E-state index contributed by atoms with van der Waals surface area (Å²) < 4.78 is 15.2. The van der Waals surface area contributed by atoms with Crippen molar-refractivity contribution in [2.45, 2.75) is 26.2 Å². The Bertz CT molecular complexity index is 945. The Hall–Kier alpha value is -3.13. The molecule has 0 saturated heterocycles. The van der Waals surface area contributed by atoms with Gasteiger partial charge < -0.3 is 24.6 Å². The molecule has 166 valence electrons. The van der Waals surface area contributed by atoms with E-state index in [1.807, 2.05) is 6.92 Å². The highest BCUT2D eigenvalue weighted by Crippen LogP contribution is 2.45. The summed E-state index contributed by atoms with van der Waals surface area (Å²) in [7, 11) is 2.76. The second-order valence-electron chi connectivity index (χ2n) is 7.76. The number of carbonyl (C=O) groups is 3. The van der Waals surface area contributed by atoms with Crippen molar-refractivity contribution in [3.05, 3.63) is 52.4 Å². The Morgan fingerprint density at radius 2 is 1.84 bits per heavy atom. The van der Waals surface area contributed by atoms with Crippen molar-refractivity contribution in [3.63, 3.8) is 0 Å². The fraction of sp³-hybridized carbons (Fsp3) is 0.435. The van der Waals surface area contributed by atoms with Crippen LogP contribution in [-0.2, 0) is 28.6 Å². The number of esters is 2. The minimum absolute atomic E-state index is 0.0628. The maximum absolute atomic E-state index is 13.5. The van der Waals surface area contributed by atoms with Gasteiger partial charge in [-0.3, -0.25) is 9.59 Å². The molecule has 0 fully saturated rings. The lowest BCUT2D eigenvalue weighted by molar-refractivity contribution is -0.151. The minimum atomic E-state index is -0.950. The number of hydrogen-bond donors (Lipinski definition) is 2. The van der Waals surface area contributed by atoms with Crippen LogP contribution >= 0.6 is 0 Å². The van der Waals surface area contributed by atoms with E-state index in [1.54, 1.807) is 19.1 Å². The molecule has 0 radical (unpaired) electrons. The summed E-state index contributed by atoms with van der Waals surface area (Å²) in [6.45, 7) is 3.89. The summed E-state index contributed by atoms with van der Waals surface area (Å²) in [5.74, 6) is -3.42. The molecule has 2 aliphatic rings. The van der Waals surface area contributed by atoms with E-state index in [1.165, 1.54) is 26.4 Å². The fourth-order valence-corrected chi connectivity index (χ4v) is 4.25. The average Bonchev–Trinajstić information content (AvgIpc) is 2.73. The van der Waals surface area contributed by atoms with Gasteiger partial charge >= 0.3 is 11.9 Å². The molecule has 1 aromatic rings. The first kappa shape index (κ1) is 22.6. The zero-order valence-electron chi connectivity index (χ0n) is 18.1. The monoisotopic (exact) mass is 429 g/mol. The van der Waals surface area contributed by atoms with E-state index in [4.69, 9.17) is 14.2 Å². The van der Waals surface area contributed by atoms with Gasteiger partial charge in [0, 0.05) is 30.0 Å². The number of ketones is 1. The number of aromatic hydroxyl groups is 1. The Morgan fingerprint density at radius 3 is 2.45 bits per heavy atom. The third-order valence-corrected chi connectivity index (χ3v) is 5.71. The fourth-order valence-electron chi connectivity index (χ4n) is 4.25. The molecule has 0 aromatic heterocycles. The van der Waals surface area contributed by atoms with Crippen LogP contribution in [0.25, 0.3) is 0 Å². The Kier molecular flexibility index (Phi) is 6.80. The second-order valence-corrected chi connectivity index (χ2v) is 7.76. The van der Waals surface area contributed by atoms with Gasteiger partial charge in [-0.2, -0.15) is 0 Å². The molecule has 0 saturated carbocycles. The number of ether oxygens (including phenoxy) is 3. The van der Waals surface area contributed by atoms with Crippen molar-refractivity contribution >= 4 is 17.7 Å². The van der Waals surface area contributed by atoms with Crippen molar-refractivity contribution in [2.24, 2.45) is 11.8 Å². The third kappa shape index (κ3) is 4.34. The van der Waals surface area contributed by atoms with E-state index in [0.29, 0.717) is 29.0 Å². The van der Waals surface area contributed by atoms with Crippen molar-refractivity contribution < 1.29 is 33.7 Å². The van der Waals surface area contributed by atoms with Crippen molar-refractivity contribution in [3.8, 4) is 5.75 Å². The first-order valence-corrected chi connectivity index (χ1v) is 10.1. The molecule has 2 N–H and O–H groups in total. The molecular weight excluding hydrogens is 402 g/mol. The van der Waals surface area contributed by atoms with Gasteiger partial charge in [0.2, 0.25) is 0 Å². The molecule has 0 bridgehead atoms. The first-order chi connectivity index (χ1) is 14.8. The first-order valence-electron chi connectivity index (χ1n) is 10.1. The summed E-state index contributed by atoms with van der Waals surface area (Å²) in [6, 6.07) is 6.30. The zero-order chi connectivity index (χ0) is 22.7. The number of carbonyl (C=O) groups excluding carboxylic acids is 3. The Labute approximate surface area is 180 Å². The van der Waals surface area contributed by atoms with E-state index in [0.717, 1.165) is 0 Å². The molecule has 0 spiro atoms. The topological polar surface area (TPSA) is 111 Å². The van der Waals surface area contributed by atoms with Crippen molar-refractivity contribution in [2.75, 3.05) is 27.4 Å². The van der Waals surface area contributed by atoms with Crippen LogP contribution in [0.1, 0.15) is 31.7 Å². The number of benzene rings is 1. The molecule has 1 aromatic carbocycles. The van der Waals surface area contributed by atoms with Crippen LogP contribution in [-0.4, -0.2) is 50.3 Å². The van der Waals surface area contributed by atoms with Gasteiger partial charge in [-0.1, -0.05) is 19.1 Å². The number of phenols is 1. The zero-order valence-corrected chi connectivity index (χ0v) is 18.1. The molecule has 1 aliphatic heterocycles. The molecule has 3 rings (SSSR count). The molecule has 0 unspecified atom stereocenters. The number of methoxy groups -OCH3 is 2. The van der Waals surface area contributed by atoms with Gasteiger partial charge in [-0.25, -0.2) is 4.79 Å². The average molecular weight is 429 g/mol.